The first kappa shape index (κ1) is 16.5. The lowest BCUT2D eigenvalue weighted by molar-refractivity contribution is -0.121. The number of aryl methyl sites for hydroxylation is 1. The van der Waals surface area contributed by atoms with Gasteiger partial charge in [-0.05, 0) is 36.2 Å². The summed E-state index contributed by atoms with van der Waals surface area (Å²) >= 11 is 5.58. The lowest BCUT2D eigenvalue weighted by atomic mass is 10.1. The third kappa shape index (κ3) is 4.86. The van der Waals surface area contributed by atoms with Crippen LogP contribution >= 0.6 is 11.6 Å². The van der Waals surface area contributed by atoms with Crippen molar-refractivity contribution in [1.29, 1.82) is 0 Å². The van der Waals surface area contributed by atoms with Crippen LogP contribution in [0.3, 0.4) is 0 Å². The van der Waals surface area contributed by atoms with Crippen molar-refractivity contribution >= 4 is 17.5 Å². The number of amides is 1. The molecule has 1 heterocycles. The lowest BCUT2D eigenvalue weighted by Gasteiger charge is -2.13. The molecule has 1 amide bonds. The predicted octanol–water partition coefficient (Wildman–Crippen LogP) is 2.91. The van der Waals surface area contributed by atoms with Crippen molar-refractivity contribution in [2.75, 3.05) is 6.54 Å². The van der Waals surface area contributed by atoms with Crippen LogP contribution < -0.4 is 5.32 Å². The zero-order valence-electron chi connectivity index (χ0n) is 12.0. The highest BCUT2D eigenvalue weighted by molar-refractivity contribution is 6.30. The minimum atomic E-state index is -0.958. The second-order valence-electron chi connectivity index (χ2n) is 5.02. The summed E-state index contributed by atoms with van der Waals surface area (Å²) in [6, 6.07) is 7.96. The molecule has 6 heteroatoms. The Kier molecular flexibility index (Phi) is 5.98. The van der Waals surface area contributed by atoms with E-state index in [-0.39, 0.29) is 17.5 Å². The Morgan fingerprint density at radius 2 is 2.09 bits per heavy atom. The van der Waals surface area contributed by atoms with Gasteiger partial charge in [-0.15, -0.1) is 0 Å². The Bertz CT molecular complexity index is 617. The number of rotatable bonds is 7. The number of aliphatic hydroxyl groups excluding tert-OH is 1. The van der Waals surface area contributed by atoms with Crippen LogP contribution in [0.1, 0.15) is 24.5 Å². The van der Waals surface area contributed by atoms with E-state index in [1.54, 1.807) is 0 Å². The van der Waals surface area contributed by atoms with Gasteiger partial charge in [-0.3, -0.25) is 4.79 Å². The maximum absolute atomic E-state index is 13.3. The van der Waals surface area contributed by atoms with Crippen molar-refractivity contribution in [1.82, 2.24) is 9.88 Å². The largest absolute Gasteiger partial charge is 0.387 e. The van der Waals surface area contributed by atoms with Gasteiger partial charge in [0.05, 0.1) is 11.1 Å². The summed E-state index contributed by atoms with van der Waals surface area (Å²) in [5.41, 5.74) is 0.384. The summed E-state index contributed by atoms with van der Waals surface area (Å²) in [5, 5.41) is 12.6. The van der Waals surface area contributed by atoms with Crippen LogP contribution in [0.4, 0.5) is 4.39 Å². The van der Waals surface area contributed by atoms with E-state index < -0.39 is 11.9 Å². The molecule has 22 heavy (non-hydrogen) atoms. The number of nitrogens with zero attached hydrogens (tertiary/aromatic N) is 1. The quantitative estimate of drug-likeness (QED) is 0.823. The smallest absolute Gasteiger partial charge is 0.220 e. The van der Waals surface area contributed by atoms with Gasteiger partial charge in [0.15, 0.2) is 0 Å². The fourth-order valence-corrected chi connectivity index (χ4v) is 2.20. The van der Waals surface area contributed by atoms with Gasteiger partial charge in [-0.2, -0.15) is 0 Å². The minimum Gasteiger partial charge on any atom is -0.387 e. The van der Waals surface area contributed by atoms with Gasteiger partial charge >= 0.3 is 0 Å². The SMILES string of the molecule is O=C(CCCn1cccc1)NCC(O)c1ccc(Cl)c(F)c1. The highest BCUT2D eigenvalue weighted by Gasteiger charge is 2.11. The first-order valence-electron chi connectivity index (χ1n) is 7.06. The Morgan fingerprint density at radius 3 is 2.77 bits per heavy atom. The first-order chi connectivity index (χ1) is 10.6. The average molecular weight is 325 g/mol. The normalized spacial score (nSPS) is 12.1. The van der Waals surface area contributed by atoms with Crippen molar-refractivity contribution in [2.24, 2.45) is 0 Å². The van der Waals surface area contributed by atoms with Crippen LogP contribution in [0.5, 0.6) is 0 Å². The van der Waals surface area contributed by atoms with Crippen LogP contribution in [0.15, 0.2) is 42.7 Å². The van der Waals surface area contributed by atoms with Crippen LogP contribution in [-0.2, 0) is 11.3 Å². The number of hydrogen-bond donors (Lipinski definition) is 2. The molecule has 2 aromatic rings. The van der Waals surface area contributed by atoms with Gasteiger partial charge in [-0.1, -0.05) is 17.7 Å². The molecule has 0 aliphatic rings. The predicted molar refractivity (Wildman–Crippen MR) is 83.0 cm³/mol. The highest BCUT2D eigenvalue weighted by atomic mass is 35.5. The summed E-state index contributed by atoms with van der Waals surface area (Å²) < 4.78 is 15.3. The number of aromatic nitrogens is 1. The summed E-state index contributed by atoms with van der Waals surface area (Å²) in [6.45, 7) is 0.814. The monoisotopic (exact) mass is 324 g/mol. The van der Waals surface area contributed by atoms with E-state index in [9.17, 15) is 14.3 Å². The summed E-state index contributed by atoms with van der Waals surface area (Å²) in [5.74, 6) is -0.725. The van der Waals surface area contributed by atoms with Gasteiger partial charge < -0.3 is 15.0 Å². The van der Waals surface area contributed by atoms with Crippen LogP contribution in [0.25, 0.3) is 0 Å². The Hall–Kier alpha value is -1.85. The molecule has 2 rings (SSSR count). The molecule has 0 aliphatic carbocycles. The molecule has 0 bridgehead atoms. The third-order valence-electron chi connectivity index (χ3n) is 3.31. The van der Waals surface area contributed by atoms with Gasteiger partial charge in [0, 0.05) is 31.9 Å². The molecule has 0 saturated carbocycles. The van der Waals surface area contributed by atoms with Gasteiger partial charge in [0.25, 0.3) is 0 Å². The molecule has 0 radical (unpaired) electrons. The molecule has 118 valence electrons. The fraction of sp³-hybridized carbons (Fsp3) is 0.312. The third-order valence-corrected chi connectivity index (χ3v) is 3.61. The van der Waals surface area contributed by atoms with E-state index in [4.69, 9.17) is 11.6 Å². The van der Waals surface area contributed by atoms with Crippen LogP contribution in [0.2, 0.25) is 5.02 Å². The maximum Gasteiger partial charge on any atom is 0.220 e. The highest BCUT2D eigenvalue weighted by Crippen LogP contribution is 2.19. The molecule has 1 aromatic carbocycles. The maximum atomic E-state index is 13.3. The Morgan fingerprint density at radius 1 is 1.36 bits per heavy atom. The van der Waals surface area contributed by atoms with E-state index in [1.807, 2.05) is 29.1 Å². The molecule has 0 fully saturated rings. The van der Waals surface area contributed by atoms with Gasteiger partial charge in [-0.25, -0.2) is 4.39 Å². The van der Waals surface area contributed by atoms with Crippen molar-refractivity contribution in [3.63, 3.8) is 0 Å². The topological polar surface area (TPSA) is 54.3 Å². The zero-order chi connectivity index (χ0) is 15.9. The molecular weight excluding hydrogens is 307 g/mol. The number of benzene rings is 1. The van der Waals surface area contributed by atoms with Gasteiger partial charge in [0.1, 0.15) is 5.82 Å². The molecule has 1 unspecified atom stereocenters. The Labute approximate surface area is 133 Å². The van der Waals surface area contributed by atoms with Crippen molar-refractivity contribution in [3.8, 4) is 0 Å². The minimum absolute atomic E-state index is 0.00463. The molecule has 1 atom stereocenters. The summed E-state index contributed by atoms with van der Waals surface area (Å²) in [4.78, 5) is 11.7. The van der Waals surface area contributed by atoms with E-state index in [1.165, 1.54) is 18.2 Å². The number of carbonyl (C=O) groups is 1. The average Bonchev–Trinajstić information content (AvgIpc) is 3.01. The molecule has 1 aromatic heterocycles. The Balaban J connectivity index is 1.72. The first-order valence-corrected chi connectivity index (χ1v) is 7.44. The zero-order valence-corrected chi connectivity index (χ0v) is 12.8. The number of aliphatic hydroxyl groups is 1. The van der Waals surface area contributed by atoms with Crippen molar-refractivity contribution < 1.29 is 14.3 Å². The molecule has 2 N–H and O–H groups in total. The van der Waals surface area contributed by atoms with Crippen LogP contribution in [0, 0.1) is 5.82 Å². The second kappa shape index (κ2) is 7.96. The molecular formula is C16H18ClFN2O2. The van der Waals surface area contributed by atoms with Crippen molar-refractivity contribution in [2.45, 2.75) is 25.5 Å². The van der Waals surface area contributed by atoms with E-state index >= 15 is 0 Å². The van der Waals surface area contributed by atoms with Gasteiger partial charge in [0.2, 0.25) is 5.91 Å². The number of nitrogens with one attached hydrogen (secondary N) is 1. The van der Waals surface area contributed by atoms with E-state index in [0.717, 1.165) is 6.54 Å². The number of hydrogen-bond acceptors (Lipinski definition) is 2. The second-order valence-corrected chi connectivity index (χ2v) is 5.43. The van der Waals surface area contributed by atoms with E-state index in [2.05, 4.69) is 5.32 Å². The molecule has 4 nitrogen and oxygen atoms in total. The van der Waals surface area contributed by atoms with Crippen molar-refractivity contribution in [3.05, 3.63) is 59.1 Å². The fourth-order valence-electron chi connectivity index (χ4n) is 2.08. The summed E-state index contributed by atoms with van der Waals surface area (Å²) in [6.07, 6.45) is 4.01. The summed E-state index contributed by atoms with van der Waals surface area (Å²) in [7, 11) is 0. The number of carbonyl (C=O) groups excluding carboxylic acids is 1. The lowest BCUT2D eigenvalue weighted by Crippen LogP contribution is -2.28. The molecule has 0 aliphatic heterocycles. The molecule has 0 spiro atoms. The standard InChI is InChI=1S/C16H18ClFN2O2/c17-13-6-5-12(10-14(13)18)15(21)11-19-16(22)4-3-9-20-7-1-2-8-20/h1-2,5-8,10,15,21H,3-4,9,11H2,(H,19,22). The van der Waals surface area contributed by atoms with E-state index in [0.29, 0.717) is 18.4 Å². The number of halogens is 2. The van der Waals surface area contributed by atoms with Crippen LogP contribution in [-0.4, -0.2) is 22.1 Å². The molecule has 0 saturated heterocycles.